The number of pyridine rings is 1. The average molecular weight is 288 g/mol. The second-order valence-corrected chi connectivity index (χ2v) is 6.87. The Morgan fingerprint density at radius 2 is 1.76 bits per heavy atom. The lowest BCUT2D eigenvalue weighted by molar-refractivity contribution is 0.0295. The lowest BCUT2D eigenvalue weighted by atomic mass is 9.85. The molecule has 0 aromatic carbocycles. The summed E-state index contributed by atoms with van der Waals surface area (Å²) < 4.78 is 0. The molecule has 0 atom stereocenters. The van der Waals surface area contributed by atoms with E-state index in [4.69, 9.17) is 0 Å². The Morgan fingerprint density at radius 1 is 1.05 bits per heavy atom. The third-order valence-electron chi connectivity index (χ3n) is 5.35. The van der Waals surface area contributed by atoms with Crippen LogP contribution in [0.25, 0.3) is 0 Å². The van der Waals surface area contributed by atoms with Gasteiger partial charge >= 0.3 is 0 Å². The number of hydrogen-bond acceptors (Lipinski definition) is 4. The molecule has 0 amide bonds. The van der Waals surface area contributed by atoms with Crippen LogP contribution in [0.3, 0.4) is 0 Å². The highest BCUT2D eigenvalue weighted by molar-refractivity contribution is 5.10. The van der Waals surface area contributed by atoms with Gasteiger partial charge in [0.1, 0.15) is 0 Å². The van der Waals surface area contributed by atoms with Gasteiger partial charge in [-0.05, 0) is 64.1 Å². The maximum absolute atomic E-state index is 4.10. The predicted octanol–water partition coefficient (Wildman–Crippen LogP) is 1.68. The smallest absolute Gasteiger partial charge is 0.0357 e. The molecule has 3 heterocycles. The first-order valence-corrected chi connectivity index (χ1v) is 8.19. The van der Waals surface area contributed by atoms with Gasteiger partial charge in [0.25, 0.3) is 0 Å². The molecular formula is C17H28N4. The molecule has 2 fully saturated rings. The minimum Gasteiger partial charge on any atom is -0.304 e. The van der Waals surface area contributed by atoms with Crippen molar-refractivity contribution in [2.45, 2.75) is 31.3 Å². The summed E-state index contributed by atoms with van der Waals surface area (Å²) in [5, 5.41) is 0. The van der Waals surface area contributed by atoms with Gasteiger partial charge < -0.3 is 4.90 Å². The van der Waals surface area contributed by atoms with Gasteiger partial charge in [0.2, 0.25) is 0 Å². The standard InChI is InChI=1S/C17H28N4/c1-19-10-3-11-20(2)17(15-19)6-12-21(13-7-17)14-16-4-8-18-9-5-16/h4-5,8-9H,3,6-7,10-15H2,1-2H3. The summed E-state index contributed by atoms with van der Waals surface area (Å²) in [7, 11) is 4.61. The van der Waals surface area contributed by atoms with Crippen molar-refractivity contribution in [2.75, 3.05) is 46.8 Å². The van der Waals surface area contributed by atoms with E-state index in [1.165, 1.54) is 57.5 Å². The van der Waals surface area contributed by atoms with E-state index in [1.807, 2.05) is 12.4 Å². The zero-order chi connectivity index (χ0) is 14.7. The molecule has 3 rings (SSSR count). The number of hydrogen-bond donors (Lipinski definition) is 0. The maximum atomic E-state index is 4.10. The van der Waals surface area contributed by atoms with Crippen molar-refractivity contribution in [1.82, 2.24) is 19.7 Å². The first kappa shape index (κ1) is 14.9. The zero-order valence-electron chi connectivity index (χ0n) is 13.5. The molecule has 0 bridgehead atoms. The van der Waals surface area contributed by atoms with Crippen molar-refractivity contribution >= 4 is 0 Å². The summed E-state index contributed by atoms with van der Waals surface area (Å²) in [6.45, 7) is 7.20. The van der Waals surface area contributed by atoms with Gasteiger partial charge in [0.15, 0.2) is 0 Å². The minimum absolute atomic E-state index is 0.403. The van der Waals surface area contributed by atoms with Crippen LogP contribution in [0.5, 0.6) is 0 Å². The van der Waals surface area contributed by atoms with E-state index in [9.17, 15) is 0 Å². The summed E-state index contributed by atoms with van der Waals surface area (Å²) in [5.41, 5.74) is 1.78. The Kier molecular flexibility index (Phi) is 4.57. The van der Waals surface area contributed by atoms with Crippen molar-refractivity contribution < 1.29 is 0 Å². The first-order chi connectivity index (χ1) is 10.2. The van der Waals surface area contributed by atoms with Gasteiger partial charge in [-0.25, -0.2) is 0 Å². The predicted molar refractivity (Wildman–Crippen MR) is 86.2 cm³/mol. The van der Waals surface area contributed by atoms with Crippen molar-refractivity contribution in [3.8, 4) is 0 Å². The summed E-state index contributed by atoms with van der Waals surface area (Å²) in [5.74, 6) is 0. The van der Waals surface area contributed by atoms with Crippen molar-refractivity contribution in [1.29, 1.82) is 0 Å². The van der Waals surface area contributed by atoms with Crippen molar-refractivity contribution in [2.24, 2.45) is 0 Å². The van der Waals surface area contributed by atoms with Crippen molar-refractivity contribution in [3.63, 3.8) is 0 Å². The highest BCUT2D eigenvalue weighted by Gasteiger charge is 2.39. The van der Waals surface area contributed by atoms with Crippen LogP contribution >= 0.6 is 0 Å². The minimum atomic E-state index is 0.403. The van der Waals surface area contributed by atoms with Crippen molar-refractivity contribution in [3.05, 3.63) is 30.1 Å². The van der Waals surface area contributed by atoms with E-state index in [0.29, 0.717) is 5.54 Å². The molecule has 0 N–H and O–H groups in total. The molecule has 4 heteroatoms. The lowest BCUT2D eigenvalue weighted by Gasteiger charge is -2.47. The quantitative estimate of drug-likeness (QED) is 0.826. The summed E-state index contributed by atoms with van der Waals surface area (Å²) >= 11 is 0. The molecule has 0 unspecified atom stereocenters. The van der Waals surface area contributed by atoms with E-state index in [1.54, 1.807) is 0 Å². The maximum Gasteiger partial charge on any atom is 0.0357 e. The largest absolute Gasteiger partial charge is 0.304 e. The van der Waals surface area contributed by atoms with Gasteiger partial charge in [-0.1, -0.05) is 0 Å². The molecule has 1 spiro atoms. The second kappa shape index (κ2) is 6.42. The Balaban J connectivity index is 1.61. The average Bonchev–Trinajstić information content (AvgIpc) is 2.63. The van der Waals surface area contributed by atoms with Crippen LogP contribution in [0.4, 0.5) is 0 Å². The van der Waals surface area contributed by atoms with E-state index >= 15 is 0 Å². The molecule has 2 aliphatic rings. The molecule has 2 aliphatic heterocycles. The number of rotatable bonds is 2. The lowest BCUT2D eigenvalue weighted by Crippen LogP contribution is -2.57. The van der Waals surface area contributed by atoms with Crippen LogP contribution in [0.1, 0.15) is 24.8 Å². The molecule has 4 nitrogen and oxygen atoms in total. The first-order valence-electron chi connectivity index (χ1n) is 8.19. The van der Waals surface area contributed by atoms with Gasteiger partial charge in [-0.3, -0.25) is 14.8 Å². The SMILES string of the molecule is CN1CCCN(C)C2(CCN(Cc3ccncc3)CC2)C1. The fraction of sp³-hybridized carbons (Fsp3) is 0.706. The summed E-state index contributed by atoms with van der Waals surface area (Å²) in [6.07, 6.45) is 7.68. The molecule has 0 aliphatic carbocycles. The molecule has 1 aromatic rings. The van der Waals surface area contributed by atoms with Gasteiger partial charge in [0, 0.05) is 44.1 Å². The molecule has 0 radical (unpaired) electrons. The Hall–Kier alpha value is -0.970. The van der Waals surface area contributed by atoms with E-state index < -0.39 is 0 Å². The van der Waals surface area contributed by atoms with Gasteiger partial charge in [-0.2, -0.15) is 0 Å². The highest BCUT2D eigenvalue weighted by Crippen LogP contribution is 2.31. The topological polar surface area (TPSA) is 22.6 Å². The number of piperidine rings is 1. The summed E-state index contributed by atoms with van der Waals surface area (Å²) in [4.78, 5) is 11.9. The molecular weight excluding hydrogens is 260 g/mol. The highest BCUT2D eigenvalue weighted by atomic mass is 15.3. The Morgan fingerprint density at radius 3 is 2.48 bits per heavy atom. The zero-order valence-corrected chi connectivity index (χ0v) is 13.5. The third kappa shape index (κ3) is 3.44. The van der Waals surface area contributed by atoms with E-state index in [-0.39, 0.29) is 0 Å². The number of nitrogens with zero attached hydrogens (tertiary/aromatic N) is 4. The van der Waals surface area contributed by atoms with Gasteiger partial charge in [-0.15, -0.1) is 0 Å². The van der Waals surface area contributed by atoms with Gasteiger partial charge in [0.05, 0.1) is 0 Å². The number of likely N-dealkylation sites (N-methyl/N-ethyl adjacent to an activating group) is 2. The van der Waals surface area contributed by atoms with Crippen LogP contribution < -0.4 is 0 Å². The molecule has 0 saturated carbocycles. The summed E-state index contributed by atoms with van der Waals surface area (Å²) in [6, 6.07) is 4.27. The normalized spacial score (nSPS) is 25.0. The van der Waals surface area contributed by atoms with E-state index in [0.717, 1.165) is 6.54 Å². The van der Waals surface area contributed by atoms with Crippen LogP contribution in [0, 0.1) is 0 Å². The van der Waals surface area contributed by atoms with Crippen LogP contribution in [-0.4, -0.2) is 72.0 Å². The third-order valence-corrected chi connectivity index (χ3v) is 5.35. The monoisotopic (exact) mass is 288 g/mol. The molecule has 1 aromatic heterocycles. The second-order valence-electron chi connectivity index (χ2n) is 6.87. The van der Waals surface area contributed by atoms with Crippen LogP contribution in [0.15, 0.2) is 24.5 Å². The molecule has 2 saturated heterocycles. The van der Waals surface area contributed by atoms with Crippen LogP contribution in [0.2, 0.25) is 0 Å². The van der Waals surface area contributed by atoms with E-state index in [2.05, 4.69) is 45.9 Å². The number of likely N-dealkylation sites (tertiary alicyclic amines) is 1. The number of aromatic nitrogens is 1. The Bertz CT molecular complexity index is 439. The Labute approximate surface area is 128 Å². The van der Waals surface area contributed by atoms with Crippen LogP contribution in [-0.2, 0) is 6.54 Å². The molecule has 21 heavy (non-hydrogen) atoms. The fourth-order valence-electron chi connectivity index (χ4n) is 3.93. The molecule has 116 valence electrons. The fourth-order valence-corrected chi connectivity index (χ4v) is 3.93.